The zero-order valence-electron chi connectivity index (χ0n) is 12.5. The van der Waals surface area contributed by atoms with Crippen molar-refractivity contribution in [3.8, 4) is 5.75 Å². The smallest absolute Gasteiger partial charge is 0.119 e. The minimum Gasteiger partial charge on any atom is -0.494 e. The van der Waals surface area contributed by atoms with E-state index in [-0.39, 0.29) is 0 Å². The van der Waals surface area contributed by atoms with E-state index in [2.05, 4.69) is 18.3 Å². The Hall–Kier alpha value is -1.84. The Morgan fingerprint density at radius 1 is 1.10 bits per heavy atom. The Balaban J connectivity index is 1.80. The summed E-state index contributed by atoms with van der Waals surface area (Å²) in [6.45, 7) is 4.08. The molecule has 1 atom stereocenters. The first-order valence-electron chi connectivity index (χ1n) is 7.45. The molecular weight excluding hydrogens is 262 g/mol. The van der Waals surface area contributed by atoms with E-state index in [1.54, 1.807) is 0 Å². The highest BCUT2D eigenvalue weighted by atomic mass is 16.5. The maximum absolute atomic E-state index is 10.1. The van der Waals surface area contributed by atoms with Gasteiger partial charge in [0.05, 0.1) is 12.7 Å². The minimum atomic E-state index is -0.481. The largest absolute Gasteiger partial charge is 0.494 e. The van der Waals surface area contributed by atoms with Crippen LogP contribution in [0, 0.1) is 0 Å². The fourth-order valence-corrected chi connectivity index (χ4v) is 2.11. The fourth-order valence-electron chi connectivity index (χ4n) is 2.11. The van der Waals surface area contributed by atoms with Crippen LogP contribution in [0.4, 0.5) is 0 Å². The molecule has 0 aliphatic heterocycles. The summed E-state index contributed by atoms with van der Waals surface area (Å²) in [5.74, 6) is 0.903. The van der Waals surface area contributed by atoms with Crippen molar-refractivity contribution in [1.29, 1.82) is 0 Å². The third-order valence-corrected chi connectivity index (χ3v) is 3.22. The highest BCUT2D eigenvalue weighted by molar-refractivity contribution is 5.28. The quantitative estimate of drug-likeness (QED) is 0.782. The average molecular weight is 285 g/mol. The van der Waals surface area contributed by atoms with Crippen LogP contribution < -0.4 is 10.1 Å². The molecule has 2 rings (SSSR count). The third-order valence-electron chi connectivity index (χ3n) is 3.22. The van der Waals surface area contributed by atoms with E-state index in [0.717, 1.165) is 29.9 Å². The van der Waals surface area contributed by atoms with Gasteiger partial charge in [-0.15, -0.1) is 0 Å². The van der Waals surface area contributed by atoms with Gasteiger partial charge >= 0.3 is 0 Å². The van der Waals surface area contributed by atoms with Crippen molar-refractivity contribution >= 4 is 0 Å². The Kier molecular flexibility index (Phi) is 6.25. The summed E-state index contributed by atoms with van der Waals surface area (Å²) in [4.78, 5) is 0. The zero-order chi connectivity index (χ0) is 14.9. The predicted octanol–water partition coefficient (Wildman–Crippen LogP) is 3.30. The van der Waals surface area contributed by atoms with Gasteiger partial charge in [-0.05, 0) is 29.7 Å². The molecule has 0 aliphatic rings. The van der Waals surface area contributed by atoms with Gasteiger partial charge in [-0.3, -0.25) is 0 Å². The minimum absolute atomic E-state index is 0.481. The van der Waals surface area contributed by atoms with Crippen LogP contribution >= 0.6 is 0 Å². The lowest BCUT2D eigenvalue weighted by Crippen LogP contribution is -2.21. The van der Waals surface area contributed by atoms with E-state index in [4.69, 9.17) is 4.74 Å². The second-order valence-corrected chi connectivity index (χ2v) is 5.05. The second-order valence-electron chi connectivity index (χ2n) is 5.05. The van der Waals surface area contributed by atoms with Gasteiger partial charge in [0.25, 0.3) is 0 Å². The van der Waals surface area contributed by atoms with Crippen molar-refractivity contribution in [3.63, 3.8) is 0 Å². The number of ether oxygens (including phenoxy) is 1. The summed E-state index contributed by atoms with van der Waals surface area (Å²) in [6.07, 6.45) is 0.525. The van der Waals surface area contributed by atoms with Gasteiger partial charge < -0.3 is 15.2 Å². The molecule has 2 aromatic rings. The molecule has 2 aromatic carbocycles. The maximum atomic E-state index is 10.1. The lowest BCUT2D eigenvalue weighted by atomic mass is 10.1. The normalized spacial score (nSPS) is 12.1. The molecule has 0 saturated carbocycles. The molecule has 0 bridgehead atoms. The zero-order valence-corrected chi connectivity index (χ0v) is 12.5. The lowest BCUT2D eigenvalue weighted by Gasteiger charge is -2.12. The van der Waals surface area contributed by atoms with Crippen LogP contribution in [0.15, 0.2) is 54.6 Å². The third kappa shape index (κ3) is 5.21. The van der Waals surface area contributed by atoms with Gasteiger partial charge in [0.15, 0.2) is 0 Å². The van der Waals surface area contributed by atoms with Crippen LogP contribution in [-0.2, 0) is 6.54 Å². The Morgan fingerprint density at radius 3 is 2.67 bits per heavy atom. The van der Waals surface area contributed by atoms with Crippen LogP contribution in [0.1, 0.15) is 30.6 Å². The molecule has 0 fully saturated rings. The molecule has 3 nitrogen and oxygen atoms in total. The van der Waals surface area contributed by atoms with Crippen molar-refractivity contribution in [1.82, 2.24) is 5.32 Å². The molecule has 0 radical (unpaired) electrons. The molecule has 112 valence electrons. The van der Waals surface area contributed by atoms with Crippen molar-refractivity contribution in [2.24, 2.45) is 0 Å². The highest BCUT2D eigenvalue weighted by Crippen LogP contribution is 2.14. The van der Waals surface area contributed by atoms with Crippen LogP contribution in [0.2, 0.25) is 0 Å². The van der Waals surface area contributed by atoms with E-state index in [1.807, 2.05) is 48.5 Å². The number of nitrogens with one attached hydrogen (secondary N) is 1. The SMILES string of the molecule is CCCOc1cccc(CNCC(O)c2ccccc2)c1. The second kappa shape index (κ2) is 8.45. The van der Waals surface area contributed by atoms with Crippen molar-refractivity contribution in [2.75, 3.05) is 13.2 Å². The first kappa shape index (κ1) is 15.5. The first-order chi connectivity index (χ1) is 10.3. The molecule has 0 spiro atoms. The standard InChI is InChI=1S/C18H23NO2/c1-2-11-21-17-10-6-7-15(12-17)13-19-14-18(20)16-8-4-3-5-9-16/h3-10,12,18-20H,2,11,13-14H2,1H3. The number of hydrogen-bond acceptors (Lipinski definition) is 3. The van der Waals surface area contributed by atoms with Gasteiger partial charge in [0, 0.05) is 13.1 Å². The fraction of sp³-hybridized carbons (Fsp3) is 0.333. The van der Waals surface area contributed by atoms with Crippen molar-refractivity contribution in [2.45, 2.75) is 26.0 Å². The molecular formula is C18H23NO2. The summed E-state index contributed by atoms with van der Waals surface area (Å²) in [5.41, 5.74) is 2.09. The monoisotopic (exact) mass is 285 g/mol. The first-order valence-corrected chi connectivity index (χ1v) is 7.45. The number of rotatable bonds is 8. The van der Waals surface area contributed by atoms with Crippen LogP contribution in [0.5, 0.6) is 5.75 Å². The van der Waals surface area contributed by atoms with Gasteiger partial charge in [-0.2, -0.15) is 0 Å². The number of benzene rings is 2. The van der Waals surface area contributed by atoms with Gasteiger partial charge in [-0.1, -0.05) is 49.4 Å². The molecule has 2 N–H and O–H groups in total. The van der Waals surface area contributed by atoms with Gasteiger partial charge in [0.1, 0.15) is 5.75 Å². The van der Waals surface area contributed by atoms with E-state index in [0.29, 0.717) is 13.1 Å². The Labute approximate surface area is 126 Å². The average Bonchev–Trinajstić information content (AvgIpc) is 2.54. The predicted molar refractivity (Wildman–Crippen MR) is 85.3 cm³/mol. The molecule has 0 aliphatic carbocycles. The lowest BCUT2D eigenvalue weighted by molar-refractivity contribution is 0.174. The molecule has 0 saturated heterocycles. The molecule has 3 heteroatoms. The van der Waals surface area contributed by atoms with Crippen molar-refractivity contribution in [3.05, 3.63) is 65.7 Å². The van der Waals surface area contributed by atoms with E-state index in [9.17, 15) is 5.11 Å². The van der Waals surface area contributed by atoms with Gasteiger partial charge in [0.2, 0.25) is 0 Å². The summed E-state index contributed by atoms with van der Waals surface area (Å²) < 4.78 is 5.62. The Bertz CT molecular complexity index is 528. The molecule has 0 aromatic heterocycles. The van der Waals surface area contributed by atoms with Crippen LogP contribution in [0.3, 0.4) is 0 Å². The number of hydrogen-bond donors (Lipinski definition) is 2. The number of aliphatic hydroxyl groups is 1. The van der Waals surface area contributed by atoms with Crippen LogP contribution in [-0.4, -0.2) is 18.3 Å². The Morgan fingerprint density at radius 2 is 1.90 bits per heavy atom. The van der Waals surface area contributed by atoms with Crippen LogP contribution in [0.25, 0.3) is 0 Å². The van der Waals surface area contributed by atoms with E-state index < -0.39 is 6.10 Å². The van der Waals surface area contributed by atoms with Gasteiger partial charge in [-0.25, -0.2) is 0 Å². The molecule has 21 heavy (non-hydrogen) atoms. The highest BCUT2D eigenvalue weighted by Gasteiger charge is 2.06. The summed E-state index contributed by atoms with van der Waals surface area (Å²) in [6, 6.07) is 17.8. The molecule has 0 heterocycles. The molecule has 0 amide bonds. The summed E-state index contributed by atoms with van der Waals surface area (Å²) >= 11 is 0. The topological polar surface area (TPSA) is 41.5 Å². The number of aliphatic hydroxyl groups excluding tert-OH is 1. The molecule has 1 unspecified atom stereocenters. The van der Waals surface area contributed by atoms with E-state index in [1.165, 1.54) is 0 Å². The summed E-state index contributed by atoms with van der Waals surface area (Å²) in [7, 11) is 0. The summed E-state index contributed by atoms with van der Waals surface area (Å²) in [5, 5.41) is 13.4. The van der Waals surface area contributed by atoms with E-state index >= 15 is 0 Å². The van der Waals surface area contributed by atoms with Crippen molar-refractivity contribution < 1.29 is 9.84 Å². The maximum Gasteiger partial charge on any atom is 0.119 e.